The number of nitrogens with zero attached hydrogens (tertiary/aromatic N) is 1. The Morgan fingerprint density at radius 3 is 2.33 bits per heavy atom. The topological polar surface area (TPSA) is 129 Å². The average molecular weight is 541 g/mol. The normalized spacial score (nSPS) is 25.5. The van der Waals surface area contributed by atoms with Gasteiger partial charge in [-0.1, -0.05) is 55.5 Å². The number of amides is 1. The molecule has 0 spiro atoms. The first kappa shape index (κ1) is 29.2. The minimum absolute atomic E-state index is 0.0115. The van der Waals surface area contributed by atoms with Crippen LogP contribution in [0.1, 0.15) is 73.7 Å². The van der Waals surface area contributed by atoms with E-state index in [0.717, 1.165) is 41.6 Å². The van der Waals surface area contributed by atoms with Gasteiger partial charge in [-0.2, -0.15) is 0 Å². The molecule has 4 N–H and O–H groups in total. The molecule has 9 heteroatoms. The quantitative estimate of drug-likeness (QED) is 0.323. The highest BCUT2D eigenvalue weighted by Gasteiger charge is 2.40. The first-order valence-electron chi connectivity index (χ1n) is 13.8. The highest BCUT2D eigenvalue weighted by atomic mass is 16.7. The number of carbonyl (C=O) groups is 2. The minimum atomic E-state index is -0.903. The molecule has 0 radical (unpaired) electrons. The molecule has 2 aromatic rings. The molecule has 1 amide bonds. The molecular formula is C30H40N2O7. The van der Waals surface area contributed by atoms with Gasteiger partial charge >= 0.3 is 5.97 Å². The van der Waals surface area contributed by atoms with E-state index >= 15 is 0 Å². The van der Waals surface area contributed by atoms with Gasteiger partial charge in [0, 0.05) is 43.5 Å². The zero-order valence-electron chi connectivity index (χ0n) is 22.5. The molecule has 39 heavy (non-hydrogen) atoms. The predicted molar refractivity (Wildman–Crippen MR) is 144 cm³/mol. The molecule has 9 nitrogen and oxygen atoms in total. The molecule has 0 unspecified atom stereocenters. The Morgan fingerprint density at radius 2 is 1.67 bits per heavy atom. The van der Waals surface area contributed by atoms with Gasteiger partial charge in [-0.05, 0) is 42.5 Å². The minimum Gasteiger partial charge on any atom is -0.481 e. The van der Waals surface area contributed by atoms with Crippen molar-refractivity contribution in [2.24, 2.45) is 5.92 Å². The molecule has 2 aromatic carbocycles. The summed E-state index contributed by atoms with van der Waals surface area (Å²) in [6, 6.07) is 15.7. The van der Waals surface area contributed by atoms with Crippen LogP contribution in [0, 0.1) is 5.92 Å². The molecule has 2 saturated heterocycles. The van der Waals surface area contributed by atoms with Crippen LogP contribution >= 0.6 is 0 Å². The van der Waals surface area contributed by atoms with Crippen LogP contribution in [0.2, 0.25) is 0 Å². The SMILES string of the molecule is C[C@@H]1[C@H](CN2CCC[C@H]2CO)O[C@H](c2ccc(CNC(=O)CCCC(=O)O)cc2)O[C@@H]1c1ccc(CO)cc1. The average Bonchev–Trinajstić information content (AvgIpc) is 3.40. The Labute approximate surface area is 229 Å². The van der Waals surface area contributed by atoms with Crippen LogP contribution in [0.5, 0.6) is 0 Å². The van der Waals surface area contributed by atoms with Gasteiger partial charge in [0.05, 0.1) is 25.4 Å². The molecule has 4 rings (SSSR count). The fraction of sp³-hybridized carbons (Fsp3) is 0.533. The van der Waals surface area contributed by atoms with Crippen molar-refractivity contribution in [1.29, 1.82) is 0 Å². The monoisotopic (exact) mass is 540 g/mol. The summed E-state index contributed by atoms with van der Waals surface area (Å²) >= 11 is 0. The molecule has 2 aliphatic heterocycles. The Bertz CT molecular complexity index is 1080. The number of rotatable bonds is 12. The number of benzene rings is 2. The van der Waals surface area contributed by atoms with E-state index in [1.807, 2.05) is 48.5 Å². The molecular weight excluding hydrogens is 500 g/mol. The van der Waals surface area contributed by atoms with Gasteiger partial charge in [-0.3, -0.25) is 14.5 Å². The van der Waals surface area contributed by atoms with E-state index in [2.05, 4.69) is 17.1 Å². The summed E-state index contributed by atoms with van der Waals surface area (Å²) in [6.45, 7) is 4.28. The van der Waals surface area contributed by atoms with Crippen LogP contribution in [-0.2, 0) is 32.2 Å². The number of carbonyl (C=O) groups excluding carboxylic acids is 1. The third kappa shape index (κ3) is 7.86. The predicted octanol–water partition coefficient (Wildman–Crippen LogP) is 3.30. The third-order valence-electron chi connectivity index (χ3n) is 7.78. The lowest BCUT2D eigenvalue weighted by molar-refractivity contribution is -0.276. The first-order chi connectivity index (χ1) is 18.9. The summed E-state index contributed by atoms with van der Waals surface area (Å²) < 4.78 is 13.1. The van der Waals surface area contributed by atoms with Crippen LogP contribution < -0.4 is 5.32 Å². The maximum Gasteiger partial charge on any atom is 0.303 e. The van der Waals surface area contributed by atoms with Gasteiger partial charge in [0.2, 0.25) is 5.91 Å². The van der Waals surface area contributed by atoms with Crippen molar-refractivity contribution < 1.29 is 34.4 Å². The van der Waals surface area contributed by atoms with Gasteiger partial charge in [0.1, 0.15) is 0 Å². The van der Waals surface area contributed by atoms with E-state index in [0.29, 0.717) is 19.5 Å². The second-order valence-corrected chi connectivity index (χ2v) is 10.6. The fourth-order valence-corrected chi connectivity index (χ4v) is 5.38. The molecule has 212 valence electrons. The van der Waals surface area contributed by atoms with Crippen molar-refractivity contribution in [3.8, 4) is 0 Å². The summed E-state index contributed by atoms with van der Waals surface area (Å²) in [5.74, 6) is -1.01. The summed E-state index contributed by atoms with van der Waals surface area (Å²) in [4.78, 5) is 24.9. The maximum absolute atomic E-state index is 12.0. The molecule has 2 heterocycles. The van der Waals surface area contributed by atoms with Crippen LogP contribution in [0.4, 0.5) is 0 Å². The summed E-state index contributed by atoms with van der Waals surface area (Å²) in [7, 11) is 0. The number of carboxylic acids is 1. The van der Waals surface area contributed by atoms with Crippen molar-refractivity contribution in [3.63, 3.8) is 0 Å². The molecule has 0 bridgehead atoms. The molecule has 5 atom stereocenters. The Hall–Kier alpha value is -2.82. The van der Waals surface area contributed by atoms with Crippen molar-refractivity contribution in [2.45, 2.75) is 76.7 Å². The van der Waals surface area contributed by atoms with Gasteiger partial charge in [0.15, 0.2) is 6.29 Å². The number of nitrogens with one attached hydrogen (secondary N) is 1. The number of aliphatic hydroxyl groups is 2. The molecule has 2 fully saturated rings. The second-order valence-electron chi connectivity index (χ2n) is 10.6. The lowest BCUT2D eigenvalue weighted by atomic mass is 9.90. The van der Waals surface area contributed by atoms with Crippen LogP contribution in [0.25, 0.3) is 0 Å². The van der Waals surface area contributed by atoms with Crippen molar-refractivity contribution in [1.82, 2.24) is 10.2 Å². The molecule has 0 saturated carbocycles. The fourth-order valence-electron chi connectivity index (χ4n) is 5.38. The van der Waals surface area contributed by atoms with E-state index in [1.165, 1.54) is 0 Å². The number of carboxylic acid groups (broad SMARTS) is 1. The largest absolute Gasteiger partial charge is 0.481 e. The van der Waals surface area contributed by atoms with Crippen molar-refractivity contribution >= 4 is 11.9 Å². The maximum atomic E-state index is 12.0. The van der Waals surface area contributed by atoms with E-state index in [-0.39, 0.29) is 56.1 Å². The van der Waals surface area contributed by atoms with E-state index < -0.39 is 12.3 Å². The second kappa shape index (κ2) is 14.0. The van der Waals surface area contributed by atoms with Gasteiger partial charge in [-0.25, -0.2) is 0 Å². The lowest BCUT2D eigenvalue weighted by Gasteiger charge is -2.43. The number of hydrogen-bond donors (Lipinski definition) is 4. The third-order valence-corrected chi connectivity index (χ3v) is 7.78. The Balaban J connectivity index is 1.45. The number of aliphatic carboxylic acids is 1. The Kier molecular flexibility index (Phi) is 10.5. The number of hydrogen-bond acceptors (Lipinski definition) is 7. The first-order valence-corrected chi connectivity index (χ1v) is 13.8. The number of ether oxygens (including phenoxy) is 2. The smallest absolute Gasteiger partial charge is 0.303 e. The van der Waals surface area contributed by atoms with Gasteiger partial charge in [0.25, 0.3) is 0 Å². The lowest BCUT2D eigenvalue weighted by Crippen LogP contribution is -2.46. The number of likely N-dealkylation sites (tertiary alicyclic amines) is 1. The standard InChI is InChI=1S/C30H40N2O7/c1-20-26(17-32-15-3-4-25(32)19-34)38-30(39-29(20)23-11-9-22(18-33)10-12-23)24-13-7-21(8-14-24)16-31-27(35)5-2-6-28(36)37/h7-14,20,25-26,29-30,33-34H,2-6,15-19H2,1H3,(H,31,35)(H,36,37)/t20-,25+,26+,29+,30+/m1/s1. The zero-order valence-corrected chi connectivity index (χ0v) is 22.5. The highest BCUT2D eigenvalue weighted by molar-refractivity contribution is 5.76. The summed E-state index contributed by atoms with van der Waals surface area (Å²) in [5, 5.41) is 30.8. The summed E-state index contributed by atoms with van der Waals surface area (Å²) in [6.07, 6.45) is 1.64. The van der Waals surface area contributed by atoms with Crippen LogP contribution in [0.3, 0.4) is 0 Å². The highest BCUT2D eigenvalue weighted by Crippen LogP contribution is 2.42. The van der Waals surface area contributed by atoms with E-state index in [1.54, 1.807) is 0 Å². The summed E-state index contributed by atoms with van der Waals surface area (Å²) in [5.41, 5.74) is 3.67. The molecule has 2 aliphatic rings. The van der Waals surface area contributed by atoms with Crippen LogP contribution in [0.15, 0.2) is 48.5 Å². The molecule has 0 aliphatic carbocycles. The van der Waals surface area contributed by atoms with E-state index in [9.17, 15) is 19.8 Å². The van der Waals surface area contributed by atoms with E-state index in [4.69, 9.17) is 14.6 Å². The van der Waals surface area contributed by atoms with Crippen molar-refractivity contribution in [3.05, 3.63) is 70.8 Å². The van der Waals surface area contributed by atoms with Gasteiger partial charge in [-0.15, -0.1) is 0 Å². The van der Waals surface area contributed by atoms with Crippen molar-refractivity contribution in [2.75, 3.05) is 19.7 Å². The van der Waals surface area contributed by atoms with Gasteiger partial charge < -0.3 is 30.1 Å². The Morgan fingerprint density at radius 1 is 0.974 bits per heavy atom. The molecule has 0 aromatic heterocycles. The number of aliphatic hydroxyl groups excluding tert-OH is 2. The van der Waals surface area contributed by atoms with Crippen LogP contribution in [-0.4, -0.2) is 63.9 Å². The zero-order chi connectivity index (χ0) is 27.8.